The van der Waals surface area contributed by atoms with Crippen molar-refractivity contribution < 1.29 is 93.1 Å². The van der Waals surface area contributed by atoms with Gasteiger partial charge in [0.15, 0.2) is 34.5 Å². The molecule has 0 aliphatic carbocycles. The van der Waals surface area contributed by atoms with Crippen molar-refractivity contribution in [3.8, 4) is 74.7 Å². The van der Waals surface area contributed by atoms with Crippen LogP contribution in [0.15, 0.2) is 42.5 Å². The molecule has 19 nitrogen and oxygen atoms in total. The van der Waals surface area contributed by atoms with Crippen molar-refractivity contribution in [2.75, 3.05) is 55.4 Å². The van der Waals surface area contributed by atoms with E-state index in [9.17, 15) is 55.2 Å². The minimum Gasteiger partial charge on any atom is -0.508 e. The van der Waals surface area contributed by atoms with Crippen LogP contribution in [0, 0.1) is 34.6 Å². The molecule has 0 aliphatic rings. The van der Waals surface area contributed by atoms with Gasteiger partial charge in [-0.05, 0) is 118 Å². The lowest BCUT2D eigenvalue weighted by atomic mass is 9.83. The smallest absolute Gasteiger partial charge is 0.338 e. The number of carbonyl (C=O) groups is 3. The average molecular weight is 1190 g/mol. The van der Waals surface area contributed by atoms with Gasteiger partial charge in [-0.25, -0.2) is 14.4 Å². The summed E-state index contributed by atoms with van der Waals surface area (Å²) in [5, 5.41) is 76.9. The molecule has 0 saturated carbocycles. The monoisotopic (exact) mass is 1190 g/mol. The third-order valence-corrected chi connectivity index (χ3v) is 11.8. The minimum atomic E-state index is -0.572. The van der Waals surface area contributed by atoms with Crippen LogP contribution >= 0.6 is 0 Å². The number of ether oxygens (including phenoxy) is 8. The summed E-state index contributed by atoms with van der Waals surface area (Å²) in [7, 11) is 7.31. The van der Waals surface area contributed by atoms with E-state index < -0.39 is 23.7 Å². The Balaban J connectivity index is -0.000000306. The van der Waals surface area contributed by atoms with Gasteiger partial charge in [-0.2, -0.15) is 0 Å². The van der Waals surface area contributed by atoms with E-state index in [1.807, 2.05) is 40.7 Å². The van der Waals surface area contributed by atoms with Gasteiger partial charge in [-0.15, -0.1) is 0 Å². The van der Waals surface area contributed by atoms with Crippen molar-refractivity contribution in [3.63, 3.8) is 0 Å². The van der Waals surface area contributed by atoms with Crippen molar-refractivity contribution in [1.82, 2.24) is 0 Å². The van der Waals surface area contributed by atoms with Gasteiger partial charge in [0.05, 0.1) is 72.1 Å². The van der Waals surface area contributed by atoms with Gasteiger partial charge in [0.2, 0.25) is 17.2 Å². The highest BCUT2D eigenvalue weighted by atomic mass is 16.5. The summed E-state index contributed by atoms with van der Waals surface area (Å²) >= 11 is 0. The molecule has 5 aromatic carbocycles. The van der Waals surface area contributed by atoms with E-state index >= 15 is 0 Å². The van der Waals surface area contributed by atoms with Gasteiger partial charge in [-0.3, -0.25) is 0 Å². The van der Waals surface area contributed by atoms with E-state index in [2.05, 4.69) is 41.5 Å². The molecule has 0 aromatic heterocycles. The maximum absolute atomic E-state index is 11.7. The van der Waals surface area contributed by atoms with Crippen LogP contribution in [0.3, 0.4) is 0 Å². The molecule has 8 N–H and O–H groups in total. The van der Waals surface area contributed by atoms with E-state index in [-0.39, 0.29) is 116 Å². The summed E-state index contributed by atoms with van der Waals surface area (Å²) in [6, 6.07) is 10.7. The maximum atomic E-state index is 11.7. The summed E-state index contributed by atoms with van der Waals surface area (Å²) in [5.74, 6) is -1.33. The quantitative estimate of drug-likeness (QED) is 0.0291. The zero-order valence-corrected chi connectivity index (χ0v) is 49.4. The minimum absolute atomic E-state index is 0. The molecule has 0 unspecified atom stereocenters. The van der Waals surface area contributed by atoms with Crippen molar-refractivity contribution >= 4 is 17.9 Å². The number of hydrogen-bond acceptors (Lipinski definition) is 19. The van der Waals surface area contributed by atoms with E-state index in [1.165, 1.54) is 46.5 Å². The van der Waals surface area contributed by atoms with Gasteiger partial charge >= 0.3 is 17.9 Å². The largest absolute Gasteiger partial charge is 0.508 e. The molecule has 0 radical (unpaired) electrons. The SMILES string of the molecule is C.C.C.C.C.CCCOC(=O)c1cc(O)c(O)c(OC)c1C.CCCOC(=O)c1cc(O)c(OC)c(O)c1C.CCCOC(=O)c1cc(OC)c(O)c(O)c1C.COc1ccc(O)c(C(C)(C)C)c1C.COc1ccc(O)c(C)c1C(C)(C)C. The Labute approximate surface area is 501 Å². The van der Waals surface area contributed by atoms with Gasteiger partial charge in [0.1, 0.15) is 23.0 Å². The van der Waals surface area contributed by atoms with Gasteiger partial charge in [0, 0.05) is 27.8 Å². The molecule has 478 valence electrons. The molecule has 0 bridgehead atoms. The molecule has 19 heteroatoms. The molecule has 0 amide bonds. The zero-order valence-electron chi connectivity index (χ0n) is 49.4. The summed E-state index contributed by atoms with van der Waals surface area (Å²) < 4.78 is 40.0. The lowest BCUT2D eigenvalue weighted by Crippen LogP contribution is -2.14. The molecular weight excluding hydrogens is 1080 g/mol. The molecule has 0 aliphatic heterocycles. The normalized spacial score (nSPS) is 9.94. The molecule has 0 heterocycles. The van der Waals surface area contributed by atoms with Gasteiger partial charge in [0.25, 0.3) is 0 Å². The molecule has 0 atom stereocenters. The predicted octanol–water partition coefficient (Wildman–Crippen LogP) is 15.1. The van der Waals surface area contributed by atoms with Crippen LogP contribution in [0.25, 0.3) is 0 Å². The van der Waals surface area contributed by atoms with E-state index in [0.29, 0.717) is 61.7 Å². The number of rotatable bonds is 14. The second kappa shape index (κ2) is 38.6. The third kappa shape index (κ3) is 22.6. The Morgan fingerprint density at radius 1 is 0.369 bits per heavy atom. The Morgan fingerprint density at radius 3 is 1.13 bits per heavy atom. The molecule has 5 rings (SSSR count). The van der Waals surface area contributed by atoms with Crippen LogP contribution in [0.2, 0.25) is 0 Å². The summed E-state index contributed by atoms with van der Waals surface area (Å²) in [4.78, 5) is 35.0. The Bertz CT molecular complexity index is 2820. The highest BCUT2D eigenvalue weighted by molar-refractivity contribution is 5.94. The Kier molecular flexibility index (Phi) is 39.0. The van der Waals surface area contributed by atoms with Crippen molar-refractivity contribution in [2.24, 2.45) is 0 Å². The molecule has 0 saturated heterocycles. The topological polar surface area (TPSA) is 287 Å². The predicted molar refractivity (Wildman–Crippen MR) is 335 cm³/mol. The Morgan fingerprint density at radius 2 is 0.738 bits per heavy atom. The summed E-state index contributed by atoms with van der Waals surface area (Å²) in [5.41, 5.74) is 5.38. The van der Waals surface area contributed by atoms with Crippen LogP contribution in [-0.4, -0.2) is 114 Å². The maximum Gasteiger partial charge on any atom is 0.338 e. The highest BCUT2D eigenvalue weighted by Crippen LogP contribution is 2.43. The zero-order chi connectivity index (χ0) is 60.9. The van der Waals surface area contributed by atoms with Crippen LogP contribution in [-0.2, 0) is 25.0 Å². The first-order valence-corrected chi connectivity index (χ1v) is 25.4. The van der Waals surface area contributed by atoms with Crippen LogP contribution in [0.1, 0.15) is 189 Å². The Hall–Kier alpha value is -8.09. The first kappa shape index (κ1) is 84.7. The first-order valence-electron chi connectivity index (χ1n) is 25.4. The highest BCUT2D eigenvalue weighted by Gasteiger charge is 2.26. The average Bonchev–Trinajstić information content (AvgIpc) is 3.60. The number of aromatic hydroxyl groups is 8. The van der Waals surface area contributed by atoms with Crippen molar-refractivity contribution in [1.29, 1.82) is 0 Å². The van der Waals surface area contributed by atoms with Crippen LogP contribution < -0.4 is 23.7 Å². The number of hydrogen-bond donors (Lipinski definition) is 8. The third-order valence-electron chi connectivity index (χ3n) is 11.8. The number of benzene rings is 5. The van der Waals surface area contributed by atoms with Crippen LogP contribution in [0.4, 0.5) is 0 Å². The van der Waals surface area contributed by atoms with E-state index in [0.717, 1.165) is 33.8 Å². The lowest BCUT2D eigenvalue weighted by Gasteiger charge is -2.24. The second-order valence-corrected chi connectivity index (χ2v) is 19.8. The van der Waals surface area contributed by atoms with Gasteiger partial charge in [-0.1, -0.05) is 99.4 Å². The molecule has 84 heavy (non-hydrogen) atoms. The summed E-state index contributed by atoms with van der Waals surface area (Å²) in [6.07, 6.45) is 2.14. The molecule has 0 fully saturated rings. The molecular formula is C65H104O19. The van der Waals surface area contributed by atoms with Crippen LogP contribution in [0.5, 0.6) is 74.7 Å². The number of phenols is 8. The molecule has 0 spiro atoms. The number of esters is 3. The van der Waals surface area contributed by atoms with Gasteiger partial charge < -0.3 is 78.7 Å². The lowest BCUT2D eigenvalue weighted by molar-refractivity contribution is 0.0494. The standard InChI is InChI=1S/3C12H16O5.2C12H18O2.5CH4/c1-4-5-17-12(15)8-6-9(13)10(14)11(16-3)7(8)2;1-4-5-17-12(15)8-6-9(16-3)11(14)10(13)7(8)2;1-4-5-17-12(15)8-6-9(13)11(16-3)10(14)7(8)2;1-8-10(14-5)7-6-9(13)11(8)12(2,3)4;1-8-9(13)6-7-10(14-5)11(8)12(2,3)4;;;;;/h3*6,13-14H,4-5H2,1-3H3;2*6-7,13H,1-5H3;5*1H4. The number of carbonyl (C=O) groups excluding carboxylic acids is 3. The van der Waals surface area contributed by atoms with Crippen molar-refractivity contribution in [3.05, 3.63) is 98.1 Å². The van der Waals surface area contributed by atoms with Crippen molar-refractivity contribution in [2.45, 2.75) is 164 Å². The first-order chi connectivity index (χ1) is 36.8. The number of methoxy groups -OCH3 is 5. The fourth-order valence-electron chi connectivity index (χ4n) is 7.87. The second-order valence-electron chi connectivity index (χ2n) is 19.8. The summed E-state index contributed by atoms with van der Waals surface area (Å²) in [6.45, 7) is 27.7. The van der Waals surface area contributed by atoms with E-state index in [1.54, 1.807) is 46.3 Å². The molecule has 5 aromatic rings. The fourth-order valence-corrected chi connectivity index (χ4v) is 7.87. The number of phenolic OH excluding ortho intramolecular Hbond substituents is 8. The fraction of sp³-hybridized carbons (Fsp3) is 0.492. The van der Waals surface area contributed by atoms with E-state index in [4.69, 9.17) is 37.9 Å².